The minimum Gasteiger partial charge on any atom is -0.477 e. The summed E-state index contributed by atoms with van der Waals surface area (Å²) in [7, 11) is 0. The zero-order valence-corrected chi connectivity index (χ0v) is 10.4. The molecule has 3 rings (SSSR count). The second-order valence-corrected chi connectivity index (χ2v) is 5.02. The van der Waals surface area contributed by atoms with Crippen molar-refractivity contribution in [3.63, 3.8) is 0 Å². The van der Waals surface area contributed by atoms with Crippen LogP contribution in [-0.2, 0) is 0 Å². The molecular formula is C13H8N2O3S. The number of carbonyl (C=O) groups is 1. The van der Waals surface area contributed by atoms with Crippen LogP contribution in [0.5, 0.6) is 0 Å². The Balaban J connectivity index is 2.20. The maximum absolute atomic E-state index is 11.4. The van der Waals surface area contributed by atoms with Gasteiger partial charge in [0.15, 0.2) is 5.69 Å². The van der Waals surface area contributed by atoms with E-state index >= 15 is 0 Å². The monoisotopic (exact) mass is 272 g/mol. The minimum absolute atomic E-state index is 0.254. The lowest BCUT2D eigenvalue weighted by atomic mass is 10.2. The van der Waals surface area contributed by atoms with Crippen molar-refractivity contribution in [1.82, 2.24) is 9.97 Å². The first-order valence-corrected chi connectivity index (χ1v) is 6.29. The maximum atomic E-state index is 11.4. The maximum Gasteiger partial charge on any atom is 0.354 e. The molecule has 0 unspecified atom stereocenters. The Morgan fingerprint density at radius 3 is 2.79 bits per heavy atom. The molecule has 2 aromatic heterocycles. The van der Waals surface area contributed by atoms with Crippen LogP contribution in [-0.4, -0.2) is 21.0 Å². The molecule has 1 aromatic carbocycles. The number of nitrogens with one attached hydrogen (secondary N) is 1. The van der Waals surface area contributed by atoms with Gasteiger partial charge in [0.1, 0.15) is 0 Å². The van der Waals surface area contributed by atoms with Crippen LogP contribution >= 0.6 is 11.3 Å². The van der Waals surface area contributed by atoms with E-state index in [2.05, 4.69) is 9.97 Å². The summed E-state index contributed by atoms with van der Waals surface area (Å²) in [6.45, 7) is 0. The van der Waals surface area contributed by atoms with Gasteiger partial charge in [-0.25, -0.2) is 9.59 Å². The van der Waals surface area contributed by atoms with Gasteiger partial charge in [-0.2, -0.15) is 4.98 Å². The molecule has 94 valence electrons. The smallest absolute Gasteiger partial charge is 0.354 e. The number of fused-ring (bicyclic) bond motifs is 1. The van der Waals surface area contributed by atoms with Crippen LogP contribution in [0.4, 0.5) is 0 Å². The Bertz CT molecular complexity index is 802. The van der Waals surface area contributed by atoms with Gasteiger partial charge in [0.05, 0.1) is 10.6 Å². The number of nitrogens with zero attached hydrogens (tertiary/aromatic N) is 1. The van der Waals surface area contributed by atoms with E-state index in [1.165, 1.54) is 17.4 Å². The fourth-order valence-corrected chi connectivity index (χ4v) is 2.85. The SMILES string of the molecule is O=C(O)c1cc(-c2cc3ccccc3s2)[nH]c(=O)n1. The van der Waals surface area contributed by atoms with E-state index in [1.807, 2.05) is 30.3 Å². The molecule has 0 amide bonds. The number of carboxylic acids is 1. The number of carboxylic acid groups (broad SMARTS) is 1. The van der Waals surface area contributed by atoms with Crippen molar-refractivity contribution in [3.8, 4) is 10.6 Å². The molecule has 0 aliphatic carbocycles. The fourth-order valence-electron chi connectivity index (χ4n) is 1.81. The summed E-state index contributed by atoms with van der Waals surface area (Å²) in [6, 6.07) is 11.1. The summed E-state index contributed by atoms with van der Waals surface area (Å²) in [4.78, 5) is 29.1. The standard InChI is InChI=1S/C13H8N2O3S/c16-12(17)9-6-8(14-13(18)15-9)11-5-7-3-1-2-4-10(7)19-11/h1-6H,(H,16,17)(H,14,15,18). The lowest BCUT2D eigenvalue weighted by molar-refractivity contribution is 0.0690. The Kier molecular flexibility index (Phi) is 2.64. The highest BCUT2D eigenvalue weighted by atomic mass is 32.1. The van der Waals surface area contributed by atoms with Gasteiger partial charge in [-0.3, -0.25) is 0 Å². The van der Waals surface area contributed by atoms with Gasteiger partial charge in [-0.15, -0.1) is 11.3 Å². The molecule has 0 aliphatic rings. The van der Waals surface area contributed by atoms with Crippen molar-refractivity contribution in [1.29, 1.82) is 0 Å². The van der Waals surface area contributed by atoms with Crippen LogP contribution in [0.25, 0.3) is 20.7 Å². The largest absolute Gasteiger partial charge is 0.477 e. The number of thiophene rings is 1. The number of aromatic nitrogens is 2. The lowest BCUT2D eigenvalue weighted by Gasteiger charge is -1.98. The van der Waals surface area contributed by atoms with E-state index < -0.39 is 11.7 Å². The lowest BCUT2D eigenvalue weighted by Crippen LogP contribution is -2.16. The molecule has 0 saturated carbocycles. The van der Waals surface area contributed by atoms with Crippen molar-refractivity contribution >= 4 is 27.4 Å². The number of hydrogen-bond donors (Lipinski definition) is 2. The van der Waals surface area contributed by atoms with E-state index in [-0.39, 0.29) is 5.69 Å². The van der Waals surface area contributed by atoms with Crippen LogP contribution in [0.2, 0.25) is 0 Å². The third-order valence-electron chi connectivity index (χ3n) is 2.65. The molecule has 2 N–H and O–H groups in total. The molecule has 0 saturated heterocycles. The van der Waals surface area contributed by atoms with E-state index in [4.69, 9.17) is 5.11 Å². The predicted molar refractivity (Wildman–Crippen MR) is 72.6 cm³/mol. The number of aromatic amines is 1. The number of rotatable bonds is 2. The molecule has 0 radical (unpaired) electrons. The number of benzene rings is 1. The quantitative estimate of drug-likeness (QED) is 0.750. The van der Waals surface area contributed by atoms with Gasteiger partial charge in [0.25, 0.3) is 0 Å². The van der Waals surface area contributed by atoms with Gasteiger partial charge in [-0.1, -0.05) is 18.2 Å². The van der Waals surface area contributed by atoms with E-state index in [0.717, 1.165) is 15.0 Å². The summed E-state index contributed by atoms with van der Waals surface area (Å²) in [5.74, 6) is -1.21. The highest BCUT2D eigenvalue weighted by Crippen LogP contribution is 2.31. The van der Waals surface area contributed by atoms with E-state index in [9.17, 15) is 9.59 Å². The highest BCUT2D eigenvalue weighted by molar-refractivity contribution is 7.22. The average Bonchev–Trinajstić information content (AvgIpc) is 2.81. The molecule has 0 bridgehead atoms. The first-order valence-electron chi connectivity index (χ1n) is 5.47. The Labute approximate surface area is 111 Å². The number of hydrogen-bond acceptors (Lipinski definition) is 4. The fraction of sp³-hybridized carbons (Fsp3) is 0. The highest BCUT2D eigenvalue weighted by Gasteiger charge is 2.11. The van der Waals surface area contributed by atoms with Gasteiger partial charge in [-0.05, 0) is 23.6 Å². The molecule has 5 nitrogen and oxygen atoms in total. The van der Waals surface area contributed by atoms with Crippen LogP contribution in [0.15, 0.2) is 41.2 Å². The number of aromatic carboxylic acids is 1. The Morgan fingerprint density at radius 2 is 2.05 bits per heavy atom. The van der Waals surface area contributed by atoms with Crippen molar-refractivity contribution in [2.45, 2.75) is 0 Å². The molecule has 6 heteroatoms. The molecule has 0 atom stereocenters. The van der Waals surface area contributed by atoms with Crippen LogP contribution in [0.3, 0.4) is 0 Å². The van der Waals surface area contributed by atoms with Gasteiger partial charge < -0.3 is 10.1 Å². The molecule has 0 fully saturated rings. The predicted octanol–water partition coefficient (Wildman–Crippen LogP) is 2.35. The van der Waals surface area contributed by atoms with E-state index in [1.54, 1.807) is 0 Å². The van der Waals surface area contributed by atoms with Crippen LogP contribution in [0.1, 0.15) is 10.5 Å². The van der Waals surface area contributed by atoms with Crippen molar-refractivity contribution < 1.29 is 9.90 Å². The Hall–Kier alpha value is -2.47. The van der Waals surface area contributed by atoms with Crippen LogP contribution < -0.4 is 5.69 Å². The molecule has 3 aromatic rings. The number of H-pyrrole nitrogens is 1. The average molecular weight is 272 g/mol. The third-order valence-corrected chi connectivity index (χ3v) is 3.80. The van der Waals surface area contributed by atoms with Gasteiger partial charge in [0.2, 0.25) is 0 Å². The van der Waals surface area contributed by atoms with Crippen molar-refractivity contribution in [2.24, 2.45) is 0 Å². The van der Waals surface area contributed by atoms with Gasteiger partial charge >= 0.3 is 11.7 Å². The van der Waals surface area contributed by atoms with Crippen molar-refractivity contribution in [2.75, 3.05) is 0 Å². The summed E-state index contributed by atoms with van der Waals surface area (Å²) in [6.07, 6.45) is 0. The normalized spacial score (nSPS) is 10.7. The summed E-state index contributed by atoms with van der Waals surface area (Å²) in [5.41, 5.74) is -0.442. The zero-order chi connectivity index (χ0) is 13.4. The summed E-state index contributed by atoms with van der Waals surface area (Å²) < 4.78 is 1.08. The summed E-state index contributed by atoms with van der Waals surface area (Å²) >= 11 is 1.49. The van der Waals surface area contributed by atoms with E-state index in [0.29, 0.717) is 5.69 Å². The molecule has 19 heavy (non-hydrogen) atoms. The summed E-state index contributed by atoms with van der Waals surface area (Å²) in [5, 5.41) is 9.96. The molecule has 0 spiro atoms. The first kappa shape index (κ1) is 11.6. The van der Waals surface area contributed by atoms with Crippen molar-refractivity contribution in [3.05, 3.63) is 52.6 Å². The van der Waals surface area contributed by atoms with Crippen LogP contribution in [0, 0.1) is 0 Å². The third kappa shape index (κ3) is 2.13. The molecule has 2 heterocycles. The minimum atomic E-state index is -1.21. The second kappa shape index (κ2) is 4.33. The van der Waals surface area contributed by atoms with Gasteiger partial charge in [0, 0.05) is 4.70 Å². The molecular weight excluding hydrogens is 264 g/mol. The topological polar surface area (TPSA) is 83.0 Å². The Morgan fingerprint density at radius 1 is 1.26 bits per heavy atom. The first-order chi connectivity index (χ1) is 9.13. The second-order valence-electron chi connectivity index (χ2n) is 3.94. The zero-order valence-electron chi connectivity index (χ0n) is 9.58. The molecule has 0 aliphatic heterocycles.